The molecule has 6 heteroatoms. The number of hydrogen-bond donors (Lipinski definition) is 1. The van der Waals surface area contributed by atoms with Crippen molar-refractivity contribution < 1.29 is 14.3 Å². The van der Waals surface area contributed by atoms with Crippen molar-refractivity contribution in [2.75, 3.05) is 13.1 Å². The van der Waals surface area contributed by atoms with Crippen LogP contribution in [-0.2, 0) is 0 Å². The first-order chi connectivity index (χ1) is 9.13. The van der Waals surface area contributed by atoms with Crippen molar-refractivity contribution in [3.05, 3.63) is 48.0 Å². The lowest BCUT2D eigenvalue weighted by atomic mass is 10.1. The molecule has 0 aliphatic carbocycles. The third kappa shape index (κ3) is 2.22. The number of halogens is 1. The molecule has 1 aromatic carbocycles. The van der Waals surface area contributed by atoms with Crippen LogP contribution in [0.1, 0.15) is 10.5 Å². The standard InChI is InChI=1S/C13H12FN3O2/c14-9-1-3-10(4-2-9)17-6-5-12(15-17)13(19)16-7-11(18)8-16/h1-6,11,18H,7-8H2. The highest BCUT2D eigenvalue weighted by Gasteiger charge is 2.30. The average Bonchev–Trinajstić information content (AvgIpc) is 2.85. The molecule has 3 rings (SSSR count). The molecule has 0 spiro atoms. The number of rotatable bonds is 2. The summed E-state index contributed by atoms with van der Waals surface area (Å²) in [5.74, 6) is -0.520. The van der Waals surface area contributed by atoms with Gasteiger partial charge in [-0.3, -0.25) is 4.79 Å². The summed E-state index contributed by atoms with van der Waals surface area (Å²) in [6.45, 7) is 0.699. The quantitative estimate of drug-likeness (QED) is 0.871. The van der Waals surface area contributed by atoms with Crippen molar-refractivity contribution in [3.63, 3.8) is 0 Å². The summed E-state index contributed by atoms with van der Waals surface area (Å²) in [7, 11) is 0. The average molecular weight is 261 g/mol. The minimum absolute atomic E-state index is 0.203. The molecule has 1 aromatic heterocycles. The van der Waals surface area contributed by atoms with Gasteiger partial charge in [-0.05, 0) is 30.3 Å². The Morgan fingerprint density at radius 1 is 1.26 bits per heavy atom. The Kier molecular flexibility index (Phi) is 2.79. The lowest BCUT2D eigenvalue weighted by molar-refractivity contribution is 0.00547. The van der Waals surface area contributed by atoms with Crippen LogP contribution in [-0.4, -0.2) is 44.9 Å². The minimum atomic E-state index is -0.428. The van der Waals surface area contributed by atoms with Crippen molar-refractivity contribution >= 4 is 5.91 Å². The molecule has 2 heterocycles. The zero-order chi connectivity index (χ0) is 13.4. The summed E-state index contributed by atoms with van der Waals surface area (Å²) in [5.41, 5.74) is 1.00. The van der Waals surface area contributed by atoms with E-state index in [4.69, 9.17) is 5.11 Å². The number of aromatic nitrogens is 2. The van der Waals surface area contributed by atoms with Gasteiger partial charge >= 0.3 is 0 Å². The maximum Gasteiger partial charge on any atom is 0.274 e. The summed E-state index contributed by atoms with van der Waals surface area (Å²) in [5, 5.41) is 13.3. The van der Waals surface area contributed by atoms with E-state index in [1.54, 1.807) is 24.4 Å². The van der Waals surface area contributed by atoms with Gasteiger partial charge in [0.2, 0.25) is 0 Å². The number of likely N-dealkylation sites (tertiary alicyclic amines) is 1. The highest BCUT2D eigenvalue weighted by atomic mass is 19.1. The zero-order valence-corrected chi connectivity index (χ0v) is 10.0. The molecule has 2 aromatic rings. The van der Waals surface area contributed by atoms with Crippen molar-refractivity contribution in [3.8, 4) is 5.69 Å². The Hall–Kier alpha value is -2.21. The summed E-state index contributed by atoms with van der Waals surface area (Å²) < 4.78 is 14.3. The van der Waals surface area contributed by atoms with Gasteiger partial charge in [0.15, 0.2) is 5.69 Å². The van der Waals surface area contributed by atoms with E-state index >= 15 is 0 Å². The maximum atomic E-state index is 12.8. The monoisotopic (exact) mass is 261 g/mol. The fraction of sp³-hybridized carbons (Fsp3) is 0.231. The number of β-amino-alcohol motifs (C(OH)–C–C–N with tert-alkyl or cyclic N) is 1. The van der Waals surface area contributed by atoms with E-state index in [1.165, 1.54) is 21.7 Å². The topological polar surface area (TPSA) is 58.4 Å². The van der Waals surface area contributed by atoms with E-state index in [9.17, 15) is 9.18 Å². The molecule has 1 saturated heterocycles. The Balaban J connectivity index is 1.79. The van der Waals surface area contributed by atoms with Gasteiger partial charge in [-0.25, -0.2) is 9.07 Å². The molecule has 0 atom stereocenters. The van der Waals surface area contributed by atoms with E-state index in [-0.39, 0.29) is 11.7 Å². The third-order valence-corrected chi connectivity index (χ3v) is 3.05. The summed E-state index contributed by atoms with van der Waals surface area (Å²) in [4.78, 5) is 13.5. The third-order valence-electron chi connectivity index (χ3n) is 3.05. The fourth-order valence-corrected chi connectivity index (χ4v) is 1.96. The molecule has 0 saturated carbocycles. The number of hydrogen-bond acceptors (Lipinski definition) is 3. The van der Waals surface area contributed by atoms with E-state index in [0.717, 1.165) is 0 Å². The lowest BCUT2D eigenvalue weighted by Crippen LogP contribution is -2.53. The predicted octanol–water partition coefficient (Wildman–Crippen LogP) is 0.828. The van der Waals surface area contributed by atoms with Crippen LogP contribution < -0.4 is 0 Å². The van der Waals surface area contributed by atoms with Gasteiger partial charge in [-0.2, -0.15) is 5.10 Å². The van der Waals surface area contributed by atoms with Crippen molar-refractivity contribution in [1.29, 1.82) is 0 Å². The van der Waals surface area contributed by atoms with Crippen LogP contribution in [0.15, 0.2) is 36.5 Å². The number of amides is 1. The first kappa shape index (κ1) is 11.9. The van der Waals surface area contributed by atoms with Crippen molar-refractivity contribution in [2.24, 2.45) is 0 Å². The van der Waals surface area contributed by atoms with Crippen LogP contribution in [0.3, 0.4) is 0 Å². The van der Waals surface area contributed by atoms with Crippen LogP contribution in [0.2, 0.25) is 0 Å². The Morgan fingerprint density at radius 2 is 1.95 bits per heavy atom. The Morgan fingerprint density at radius 3 is 2.58 bits per heavy atom. The molecular weight excluding hydrogens is 249 g/mol. The largest absolute Gasteiger partial charge is 0.389 e. The number of benzene rings is 1. The molecule has 1 aliphatic rings. The van der Waals surface area contributed by atoms with Crippen LogP contribution in [0, 0.1) is 5.82 Å². The van der Waals surface area contributed by atoms with Gasteiger partial charge < -0.3 is 10.0 Å². The number of nitrogens with zero attached hydrogens (tertiary/aromatic N) is 3. The van der Waals surface area contributed by atoms with Gasteiger partial charge in [-0.1, -0.05) is 0 Å². The molecule has 1 amide bonds. The fourth-order valence-electron chi connectivity index (χ4n) is 1.96. The van der Waals surface area contributed by atoms with Crippen LogP contribution in [0.25, 0.3) is 5.69 Å². The molecule has 19 heavy (non-hydrogen) atoms. The van der Waals surface area contributed by atoms with Crippen LogP contribution in [0.4, 0.5) is 4.39 Å². The zero-order valence-electron chi connectivity index (χ0n) is 10.0. The summed E-state index contributed by atoms with van der Waals surface area (Å²) >= 11 is 0. The molecule has 1 aliphatic heterocycles. The second-order valence-electron chi connectivity index (χ2n) is 4.49. The SMILES string of the molecule is O=C(c1ccn(-c2ccc(F)cc2)n1)N1CC(O)C1. The van der Waals surface area contributed by atoms with Gasteiger partial charge in [0.25, 0.3) is 5.91 Å². The normalized spacial score (nSPS) is 15.4. The molecule has 0 unspecified atom stereocenters. The predicted molar refractivity (Wildman–Crippen MR) is 65.4 cm³/mol. The first-order valence-corrected chi connectivity index (χ1v) is 5.92. The molecule has 98 valence electrons. The smallest absolute Gasteiger partial charge is 0.274 e. The van der Waals surface area contributed by atoms with Gasteiger partial charge in [0.05, 0.1) is 11.8 Å². The van der Waals surface area contributed by atoms with E-state index in [0.29, 0.717) is 24.5 Å². The molecule has 1 N–H and O–H groups in total. The molecular formula is C13H12FN3O2. The van der Waals surface area contributed by atoms with Gasteiger partial charge in [0, 0.05) is 19.3 Å². The molecule has 1 fully saturated rings. The number of carbonyl (C=O) groups excluding carboxylic acids is 1. The van der Waals surface area contributed by atoms with Crippen molar-refractivity contribution in [1.82, 2.24) is 14.7 Å². The van der Waals surface area contributed by atoms with Gasteiger partial charge in [-0.15, -0.1) is 0 Å². The van der Waals surface area contributed by atoms with Crippen LogP contribution >= 0.6 is 0 Å². The van der Waals surface area contributed by atoms with E-state index in [1.807, 2.05) is 0 Å². The second kappa shape index (κ2) is 4.47. The molecule has 5 nitrogen and oxygen atoms in total. The second-order valence-corrected chi connectivity index (χ2v) is 4.49. The summed E-state index contributed by atoms with van der Waals surface area (Å²) in [6, 6.07) is 7.46. The van der Waals surface area contributed by atoms with Crippen molar-refractivity contribution in [2.45, 2.75) is 6.10 Å². The minimum Gasteiger partial charge on any atom is -0.389 e. The lowest BCUT2D eigenvalue weighted by Gasteiger charge is -2.35. The van der Waals surface area contributed by atoms with Gasteiger partial charge in [0.1, 0.15) is 5.82 Å². The number of aliphatic hydroxyl groups is 1. The first-order valence-electron chi connectivity index (χ1n) is 5.92. The van der Waals surface area contributed by atoms with E-state index < -0.39 is 6.10 Å². The highest BCUT2D eigenvalue weighted by Crippen LogP contribution is 2.14. The maximum absolute atomic E-state index is 12.8. The van der Waals surface area contributed by atoms with Crippen LogP contribution in [0.5, 0.6) is 0 Å². The highest BCUT2D eigenvalue weighted by molar-refractivity contribution is 5.92. The Bertz CT molecular complexity index is 603. The molecule has 0 bridgehead atoms. The number of carbonyl (C=O) groups is 1. The number of aliphatic hydroxyl groups excluding tert-OH is 1. The summed E-state index contributed by atoms with van der Waals surface area (Å²) in [6.07, 6.45) is 1.22. The Labute approximate surface area is 108 Å². The van der Waals surface area contributed by atoms with E-state index in [2.05, 4.69) is 5.10 Å². The molecule has 0 radical (unpaired) electrons.